The average molecular weight is 378 g/mol. The Hall–Kier alpha value is -3.45. The topological polar surface area (TPSA) is 83.1 Å². The zero-order chi connectivity index (χ0) is 19.1. The minimum atomic E-state index is -0.317. The summed E-state index contributed by atoms with van der Waals surface area (Å²) in [7, 11) is 0. The molecule has 0 spiro atoms. The third-order valence-electron chi connectivity index (χ3n) is 3.57. The molecule has 136 valence electrons. The summed E-state index contributed by atoms with van der Waals surface area (Å²) in [5, 5.41) is 10.6. The van der Waals surface area contributed by atoms with Crippen LogP contribution in [0.2, 0.25) is 0 Å². The molecule has 6 nitrogen and oxygen atoms in total. The Morgan fingerprint density at radius 1 is 1.00 bits per heavy atom. The normalized spacial score (nSPS) is 10.1. The van der Waals surface area contributed by atoms with Crippen molar-refractivity contribution in [3.8, 4) is 10.6 Å². The highest BCUT2D eigenvalue weighted by Crippen LogP contribution is 2.24. The number of hydrogen-bond donors (Lipinski definition) is 3. The second kappa shape index (κ2) is 8.77. The van der Waals surface area contributed by atoms with Crippen molar-refractivity contribution in [1.29, 1.82) is 0 Å². The standard InChI is InChI=1S/C20H18N4O2S/c1-2-12-21-20(26)23-16-10-8-15(9-11-16)22-18(25)17-13-27-19(24-17)14-6-4-3-5-7-14/h2-11,13H,1,12H2,(H,22,25)(H2,21,23,26). The van der Waals surface area contributed by atoms with Crippen molar-refractivity contribution in [3.63, 3.8) is 0 Å². The van der Waals surface area contributed by atoms with Crippen molar-refractivity contribution >= 4 is 34.6 Å². The summed E-state index contributed by atoms with van der Waals surface area (Å²) in [6, 6.07) is 16.2. The molecule has 3 amide bonds. The predicted octanol–water partition coefficient (Wildman–Crippen LogP) is 4.37. The molecule has 3 N–H and O–H groups in total. The van der Waals surface area contributed by atoms with Gasteiger partial charge < -0.3 is 16.0 Å². The minimum Gasteiger partial charge on any atom is -0.334 e. The van der Waals surface area contributed by atoms with Crippen molar-refractivity contribution in [1.82, 2.24) is 10.3 Å². The molecule has 0 saturated carbocycles. The zero-order valence-electron chi connectivity index (χ0n) is 14.4. The number of anilines is 2. The highest BCUT2D eigenvalue weighted by molar-refractivity contribution is 7.13. The highest BCUT2D eigenvalue weighted by atomic mass is 32.1. The van der Waals surface area contributed by atoms with Gasteiger partial charge >= 0.3 is 6.03 Å². The van der Waals surface area contributed by atoms with Gasteiger partial charge in [-0.05, 0) is 24.3 Å². The lowest BCUT2D eigenvalue weighted by Crippen LogP contribution is -2.28. The molecule has 1 heterocycles. The van der Waals surface area contributed by atoms with Crippen LogP contribution in [-0.4, -0.2) is 23.5 Å². The fourth-order valence-corrected chi connectivity index (χ4v) is 3.07. The zero-order valence-corrected chi connectivity index (χ0v) is 15.3. The molecule has 7 heteroatoms. The van der Waals surface area contributed by atoms with E-state index in [4.69, 9.17) is 0 Å². The molecule has 3 rings (SSSR count). The molecule has 2 aromatic carbocycles. The van der Waals surface area contributed by atoms with Crippen molar-refractivity contribution in [2.45, 2.75) is 0 Å². The first kappa shape index (κ1) is 18.3. The Labute approximate surface area is 161 Å². The van der Waals surface area contributed by atoms with Gasteiger partial charge in [-0.25, -0.2) is 9.78 Å². The van der Waals surface area contributed by atoms with E-state index < -0.39 is 0 Å². The second-order valence-corrected chi connectivity index (χ2v) is 6.42. The first-order valence-electron chi connectivity index (χ1n) is 8.24. The number of amides is 3. The van der Waals surface area contributed by atoms with Gasteiger partial charge in [-0.3, -0.25) is 4.79 Å². The van der Waals surface area contributed by atoms with E-state index in [-0.39, 0.29) is 11.9 Å². The van der Waals surface area contributed by atoms with E-state index in [1.54, 1.807) is 35.7 Å². The van der Waals surface area contributed by atoms with Crippen molar-refractivity contribution in [2.24, 2.45) is 0 Å². The van der Waals surface area contributed by atoms with Crippen LogP contribution in [0.4, 0.5) is 16.2 Å². The number of carbonyl (C=O) groups is 2. The maximum atomic E-state index is 12.4. The third-order valence-corrected chi connectivity index (χ3v) is 4.46. The van der Waals surface area contributed by atoms with Gasteiger partial charge in [-0.15, -0.1) is 17.9 Å². The molecule has 0 bridgehead atoms. The van der Waals surface area contributed by atoms with Gasteiger partial charge in [-0.1, -0.05) is 36.4 Å². The SMILES string of the molecule is C=CCNC(=O)Nc1ccc(NC(=O)c2csc(-c3ccccc3)n2)cc1. The smallest absolute Gasteiger partial charge is 0.319 e. The van der Waals surface area contributed by atoms with E-state index in [2.05, 4.69) is 27.5 Å². The third kappa shape index (κ3) is 5.02. The van der Waals surface area contributed by atoms with Crippen molar-refractivity contribution in [3.05, 3.63) is 78.3 Å². The maximum Gasteiger partial charge on any atom is 0.319 e. The number of benzene rings is 2. The maximum absolute atomic E-state index is 12.4. The van der Waals surface area contributed by atoms with E-state index in [1.807, 2.05) is 30.3 Å². The first-order chi connectivity index (χ1) is 13.2. The molecule has 0 aliphatic rings. The summed E-state index contributed by atoms with van der Waals surface area (Å²) in [6.45, 7) is 3.92. The van der Waals surface area contributed by atoms with E-state index in [0.29, 0.717) is 23.6 Å². The molecular formula is C20H18N4O2S. The lowest BCUT2D eigenvalue weighted by atomic mass is 10.2. The van der Waals surface area contributed by atoms with Crippen LogP contribution in [-0.2, 0) is 0 Å². The summed E-state index contributed by atoms with van der Waals surface area (Å²) in [6.07, 6.45) is 1.60. The van der Waals surface area contributed by atoms with Gasteiger partial charge in [0.2, 0.25) is 0 Å². The average Bonchev–Trinajstić information content (AvgIpc) is 3.19. The Morgan fingerprint density at radius 2 is 1.67 bits per heavy atom. The predicted molar refractivity (Wildman–Crippen MR) is 109 cm³/mol. The number of thiazole rings is 1. The molecule has 3 aromatic rings. The van der Waals surface area contributed by atoms with Gasteiger partial charge in [0.25, 0.3) is 5.91 Å². The molecule has 0 aliphatic heterocycles. The fourth-order valence-electron chi connectivity index (χ4n) is 2.26. The molecule has 0 saturated heterocycles. The molecule has 1 aromatic heterocycles. The van der Waals surface area contributed by atoms with Crippen molar-refractivity contribution < 1.29 is 9.59 Å². The monoisotopic (exact) mass is 378 g/mol. The number of urea groups is 1. The Balaban J connectivity index is 1.60. The Kier molecular flexibility index (Phi) is 5.96. The second-order valence-electron chi connectivity index (χ2n) is 5.56. The number of nitrogens with zero attached hydrogens (tertiary/aromatic N) is 1. The van der Waals surface area contributed by atoms with Gasteiger partial charge in [-0.2, -0.15) is 0 Å². The van der Waals surface area contributed by atoms with Gasteiger partial charge in [0.05, 0.1) is 0 Å². The van der Waals surface area contributed by atoms with Crippen LogP contribution in [0.1, 0.15) is 10.5 Å². The number of hydrogen-bond acceptors (Lipinski definition) is 4. The van der Waals surface area contributed by atoms with Crippen LogP contribution in [0.5, 0.6) is 0 Å². The molecule has 27 heavy (non-hydrogen) atoms. The number of carbonyl (C=O) groups excluding carboxylic acids is 2. The van der Waals surface area contributed by atoms with Crippen LogP contribution >= 0.6 is 11.3 Å². The lowest BCUT2D eigenvalue weighted by molar-refractivity contribution is 0.102. The Morgan fingerprint density at radius 3 is 2.33 bits per heavy atom. The van der Waals surface area contributed by atoms with Crippen LogP contribution < -0.4 is 16.0 Å². The van der Waals surface area contributed by atoms with E-state index >= 15 is 0 Å². The van der Waals surface area contributed by atoms with Crippen LogP contribution in [0, 0.1) is 0 Å². The quantitative estimate of drug-likeness (QED) is 0.557. The summed E-state index contributed by atoms with van der Waals surface area (Å²) in [5.41, 5.74) is 2.58. The largest absolute Gasteiger partial charge is 0.334 e. The van der Waals surface area contributed by atoms with Gasteiger partial charge in [0.1, 0.15) is 10.7 Å². The Bertz CT molecular complexity index is 936. The molecule has 0 radical (unpaired) electrons. The number of aromatic nitrogens is 1. The first-order valence-corrected chi connectivity index (χ1v) is 9.12. The molecule has 0 aliphatic carbocycles. The molecular weight excluding hydrogens is 360 g/mol. The molecule has 0 unspecified atom stereocenters. The minimum absolute atomic E-state index is 0.280. The van der Waals surface area contributed by atoms with E-state index in [1.165, 1.54) is 11.3 Å². The molecule has 0 atom stereocenters. The number of rotatable bonds is 6. The highest BCUT2D eigenvalue weighted by Gasteiger charge is 2.12. The summed E-state index contributed by atoms with van der Waals surface area (Å²) >= 11 is 1.42. The van der Waals surface area contributed by atoms with Gasteiger partial charge in [0.15, 0.2) is 0 Å². The number of nitrogens with one attached hydrogen (secondary N) is 3. The molecule has 0 fully saturated rings. The van der Waals surface area contributed by atoms with Crippen LogP contribution in [0.3, 0.4) is 0 Å². The summed E-state index contributed by atoms with van der Waals surface area (Å²) < 4.78 is 0. The fraction of sp³-hybridized carbons (Fsp3) is 0.0500. The van der Waals surface area contributed by atoms with Crippen molar-refractivity contribution in [2.75, 3.05) is 17.2 Å². The van der Waals surface area contributed by atoms with Crippen LogP contribution in [0.15, 0.2) is 72.6 Å². The summed E-state index contributed by atoms with van der Waals surface area (Å²) in [5.74, 6) is -0.280. The lowest BCUT2D eigenvalue weighted by Gasteiger charge is -2.07. The van der Waals surface area contributed by atoms with Crippen LogP contribution in [0.25, 0.3) is 10.6 Å². The van der Waals surface area contributed by atoms with E-state index in [9.17, 15) is 9.59 Å². The van der Waals surface area contributed by atoms with Gasteiger partial charge in [0, 0.05) is 28.9 Å². The summed E-state index contributed by atoms with van der Waals surface area (Å²) in [4.78, 5) is 28.4. The van der Waals surface area contributed by atoms with E-state index in [0.717, 1.165) is 10.6 Å².